The van der Waals surface area contributed by atoms with Crippen LogP contribution in [0.2, 0.25) is 0 Å². The predicted molar refractivity (Wildman–Crippen MR) is 43.9 cm³/mol. The Hall–Kier alpha value is -0.400. The predicted octanol–water partition coefficient (Wildman–Crippen LogP) is 2.97. The van der Waals surface area contributed by atoms with Crippen molar-refractivity contribution in [2.45, 2.75) is 46.6 Å². The van der Waals surface area contributed by atoms with Crippen LogP contribution < -0.4 is 0 Å². The summed E-state index contributed by atoms with van der Waals surface area (Å²) >= 11 is 0. The Morgan fingerprint density at radius 2 is 1.90 bits per heavy atom. The van der Waals surface area contributed by atoms with E-state index in [0.717, 1.165) is 12.8 Å². The zero-order valence-electron chi connectivity index (χ0n) is 7.35. The van der Waals surface area contributed by atoms with Crippen LogP contribution in [0.4, 0.5) is 0 Å². The summed E-state index contributed by atoms with van der Waals surface area (Å²) in [7, 11) is 0. The van der Waals surface area contributed by atoms with Crippen LogP contribution in [-0.2, 0) is 0 Å². The van der Waals surface area contributed by atoms with E-state index in [-0.39, 0.29) is 11.5 Å². The molecule has 2 heteroatoms. The maximum absolute atomic E-state index is 10.3. The van der Waals surface area contributed by atoms with E-state index in [0.29, 0.717) is 0 Å². The van der Waals surface area contributed by atoms with Gasteiger partial charge in [-0.1, -0.05) is 39.3 Å². The average molecular weight is 143 g/mol. The van der Waals surface area contributed by atoms with Crippen LogP contribution in [0.5, 0.6) is 0 Å². The third-order valence-corrected chi connectivity index (χ3v) is 1.69. The van der Waals surface area contributed by atoms with Crippen molar-refractivity contribution in [1.82, 2.24) is 0 Å². The monoisotopic (exact) mass is 143 g/mol. The third kappa shape index (κ3) is 2.95. The van der Waals surface area contributed by atoms with Crippen LogP contribution in [0.15, 0.2) is 5.18 Å². The van der Waals surface area contributed by atoms with Crippen molar-refractivity contribution in [3.63, 3.8) is 0 Å². The highest BCUT2D eigenvalue weighted by Crippen LogP contribution is 2.25. The molecule has 0 aromatic heterocycles. The molecule has 0 radical (unpaired) electrons. The zero-order valence-corrected chi connectivity index (χ0v) is 7.35. The van der Waals surface area contributed by atoms with E-state index in [1.165, 1.54) is 0 Å². The van der Waals surface area contributed by atoms with Crippen molar-refractivity contribution in [1.29, 1.82) is 0 Å². The highest BCUT2D eigenvalue weighted by atomic mass is 16.3. The van der Waals surface area contributed by atoms with Gasteiger partial charge in [0.05, 0.1) is 6.04 Å². The lowest BCUT2D eigenvalue weighted by atomic mass is 9.85. The molecule has 1 unspecified atom stereocenters. The first-order valence-electron chi connectivity index (χ1n) is 3.84. The minimum atomic E-state index is -0.0162. The molecule has 0 heterocycles. The van der Waals surface area contributed by atoms with Gasteiger partial charge < -0.3 is 0 Å². The molecular formula is C8H17NO. The van der Waals surface area contributed by atoms with Gasteiger partial charge in [-0.15, -0.1) is 0 Å². The van der Waals surface area contributed by atoms with Crippen molar-refractivity contribution in [3.05, 3.63) is 4.91 Å². The number of nitroso groups, excluding NO2 is 1. The van der Waals surface area contributed by atoms with Gasteiger partial charge >= 0.3 is 0 Å². The Labute approximate surface area is 63.0 Å². The topological polar surface area (TPSA) is 29.4 Å². The molecule has 0 bridgehead atoms. The van der Waals surface area contributed by atoms with Crippen molar-refractivity contribution < 1.29 is 0 Å². The molecule has 0 rings (SSSR count). The second-order valence-electron chi connectivity index (χ2n) is 3.78. The summed E-state index contributed by atoms with van der Waals surface area (Å²) in [6.45, 7) is 8.22. The first-order chi connectivity index (χ1) is 4.52. The Balaban J connectivity index is 3.93. The van der Waals surface area contributed by atoms with E-state index in [4.69, 9.17) is 0 Å². The highest BCUT2D eigenvalue weighted by Gasteiger charge is 2.24. The Morgan fingerprint density at radius 1 is 1.40 bits per heavy atom. The van der Waals surface area contributed by atoms with Crippen molar-refractivity contribution in [2.75, 3.05) is 0 Å². The summed E-state index contributed by atoms with van der Waals surface area (Å²) < 4.78 is 0. The molecule has 60 valence electrons. The summed E-state index contributed by atoms with van der Waals surface area (Å²) in [6.07, 6.45) is 1.95. The molecular weight excluding hydrogens is 126 g/mol. The number of nitrogens with zero attached hydrogens (tertiary/aromatic N) is 1. The molecule has 0 fully saturated rings. The van der Waals surface area contributed by atoms with Gasteiger partial charge in [0.2, 0.25) is 0 Å². The summed E-state index contributed by atoms with van der Waals surface area (Å²) in [5.41, 5.74) is 0.0394. The minimum Gasteiger partial charge on any atom is -0.150 e. The molecule has 2 nitrogen and oxygen atoms in total. The summed E-state index contributed by atoms with van der Waals surface area (Å²) in [6, 6.07) is -0.0162. The van der Waals surface area contributed by atoms with Gasteiger partial charge in [-0.3, -0.25) is 0 Å². The summed E-state index contributed by atoms with van der Waals surface area (Å²) in [5, 5.41) is 3.10. The Morgan fingerprint density at radius 3 is 2.00 bits per heavy atom. The number of rotatable bonds is 3. The molecule has 0 aromatic rings. The van der Waals surface area contributed by atoms with E-state index in [1.807, 2.05) is 0 Å². The third-order valence-electron chi connectivity index (χ3n) is 1.69. The van der Waals surface area contributed by atoms with E-state index in [9.17, 15) is 4.91 Å². The second-order valence-corrected chi connectivity index (χ2v) is 3.78. The maximum Gasteiger partial charge on any atom is 0.0967 e. The lowest BCUT2D eigenvalue weighted by Gasteiger charge is -2.23. The highest BCUT2D eigenvalue weighted by molar-refractivity contribution is 4.78. The smallest absolute Gasteiger partial charge is 0.0967 e. The molecule has 0 saturated carbocycles. The maximum atomic E-state index is 10.3. The van der Waals surface area contributed by atoms with Gasteiger partial charge in [0.15, 0.2) is 0 Å². The van der Waals surface area contributed by atoms with Gasteiger partial charge in [-0.05, 0) is 11.8 Å². The fourth-order valence-corrected chi connectivity index (χ4v) is 0.917. The molecule has 10 heavy (non-hydrogen) atoms. The normalized spacial score (nSPS) is 14.8. The molecule has 0 aliphatic heterocycles. The Kier molecular flexibility index (Phi) is 3.54. The SMILES string of the molecule is CCCC(N=O)C(C)(C)C. The lowest BCUT2D eigenvalue weighted by Crippen LogP contribution is -2.23. The molecule has 0 aromatic carbocycles. The summed E-state index contributed by atoms with van der Waals surface area (Å²) in [5.74, 6) is 0. The van der Waals surface area contributed by atoms with Gasteiger partial charge in [0, 0.05) is 0 Å². The average Bonchev–Trinajstić information content (AvgIpc) is 1.80. The van der Waals surface area contributed by atoms with Gasteiger partial charge in [0.25, 0.3) is 0 Å². The van der Waals surface area contributed by atoms with Crippen LogP contribution in [0.3, 0.4) is 0 Å². The quantitative estimate of drug-likeness (QED) is 0.558. The fourth-order valence-electron chi connectivity index (χ4n) is 0.917. The molecule has 0 saturated heterocycles. The molecule has 0 aliphatic carbocycles. The van der Waals surface area contributed by atoms with Crippen molar-refractivity contribution >= 4 is 0 Å². The summed E-state index contributed by atoms with van der Waals surface area (Å²) in [4.78, 5) is 10.3. The van der Waals surface area contributed by atoms with E-state index < -0.39 is 0 Å². The van der Waals surface area contributed by atoms with E-state index in [2.05, 4.69) is 32.9 Å². The Bertz CT molecular complexity index is 104. The van der Waals surface area contributed by atoms with E-state index in [1.54, 1.807) is 0 Å². The number of hydrogen-bond donors (Lipinski definition) is 0. The first kappa shape index (κ1) is 9.60. The number of hydrogen-bond acceptors (Lipinski definition) is 2. The van der Waals surface area contributed by atoms with Gasteiger partial charge in [0.1, 0.15) is 0 Å². The second kappa shape index (κ2) is 3.69. The largest absolute Gasteiger partial charge is 0.150 e. The van der Waals surface area contributed by atoms with Gasteiger partial charge in [-0.2, -0.15) is 4.91 Å². The van der Waals surface area contributed by atoms with Crippen LogP contribution in [-0.4, -0.2) is 6.04 Å². The lowest BCUT2D eigenvalue weighted by molar-refractivity contribution is 0.304. The zero-order chi connectivity index (χ0) is 8.20. The first-order valence-corrected chi connectivity index (χ1v) is 3.84. The molecule has 0 spiro atoms. The standard InChI is InChI=1S/C8H17NO/c1-5-6-7(9-10)8(2,3)4/h7H,5-6H2,1-4H3. The van der Waals surface area contributed by atoms with E-state index >= 15 is 0 Å². The van der Waals surface area contributed by atoms with Crippen molar-refractivity contribution in [3.8, 4) is 0 Å². The van der Waals surface area contributed by atoms with Crippen LogP contribution in [0.25, 0.3) is 0 Å². The van der Waals surface area contributed by atoms with Crippen molar-refractivity contribution in [2.24, 2.45) is 10.6 Å². The van der Waals surface area contributed by atoms with Crippen LogP contribution in [0, 0.1) is 10.3 Å². The molecule has 0 amide bonds. The minimum absolute atomic E-state index is 0.0162. The van der Waals surface area contributed by atoms with Gasteiger partial charge in [-0.25, -0.2) is 0 Å². The molecule has 0 N–H and O–H groups in total. The molecule has 0 aliphatic rings. The molecule has 1 atom stereocenters. The van der Waals surface area contributed by atoms with Crippen LogP contribution in [0.1, 0.15) is 40.5 Å². The fraction of sp³-hybridized carbons (Fsp3) is 1.00. The van der Waals surface area contributed by atoms with Crippen LogP contribution >= 0.6 is 0 Å².